The number of carbonyl (C=O) groups is 1. The molecule has 0 radical (unpaired) electrons. The molecule has 0 spiro atoms. The van der Waals surface area contributed by atoms with E-state index in [2.05, 4.69) is 4.98 Å². The summed E-state index contributed by atoms with van der Waals surface area (Å²) in [7, 11) is 0. The van der Waals surface area contributed by atoms with Crippen LogP contribution < -0.4 is 0 Å². The third kappa shape index (κ3) is 2.47. The average molecular weight is 277 g/mol. The Kier molecular flexibility index (Phi) is 3.86. The molecule has 0 saturated carbocycles. The molecule has 0 aliphatic carbocycles. The van der Waals surface area contributed by atoms with E-state index in [1.807, 2.05) is 29.7 Å². The maximum Gasteiger partial charge on any atom is 0.323 e. The molecule has 0 aromatic carbocycles. The highest BCUT2D eigenvalue weighted by atomic mass is 32.1. The summed E-state index contributed by atoms with van der Waals surface area (Å²) in [6, 6.07) is 2.02. The molecule has 2 rings (SSSR count). The minimum atomic E-state index is -0.780. The van der Waals surface area contributed by atoms with Crippen LogP contribution in [0.4, 0.5) is 0 Å². The van der Waals surface area contributed by atoms with Crippen molar-refractivity contribution >= 4 is 22.3 Å². The molecule has 5 nitrogen and oxygen atoms in total. The topological polar surface area (TPSA) is 67.4 Å². The smallest absolute Gasteiger partial charge is 0.323 e. The van der Waals surface area contributed by atoms with Gasteiger partial charge in [0.15, 0.2) is 4.96 Å². The zero-order valence-corrected chi connectivity index (χ0v) is 12.0. The lowest BCUT2D eigenvalue weighted by Crippen LogP contribution is -2.19. The second kappa shape index (κ2) is 5.41. The second-order valence-corrected chi connectivity index (χ2v) is 5.11. The van der Waals surface area contributed by atoms with Crippen LogP contribution in [-0.4, -0.2) is 22.0 Å². The van der Waals surface area contributed by atoms with Crippen LogP contribution in [0.5, 0.6) is 0 Å². The lowest BCUT2D eigenvalue weighted by atomic mass is 10.0. The second-order valence-electron chi connectivity index (χ2n) is 4.28. The number of carbonyl (C=O) groups excluding carboxylic acids is 1. The highest BCUT2D eigenvalue weighted by molar-refractivity contribution is 7.15. The van der Waals surface area contributed by atoms with Gasteiger partial charge in [-0.15, -0.1) is 11.3 Å². The Bertz CT molecular complexity index is 651. The number of esters is 1. The van der Waals surface area contributed by atoms with Gasteiger partial charge in [-0.3, -0.25) is 9.20 Å². The van der Waals surface area contributed by atoms with Gasteiger partial charge in [-0.1, -0.05) is 0 Å². The van der Waals surface area contributed by atoms with Crippen molar-refractivity contribution in [2.75, 3.05) is 6.61 Å². The largest absolute Gasteiger partial charge is 0.465 e. The first kappa shape index (κ1) is 13.6. The number of hydrogen-bond acceptors (Lipinski definition) is 5. The Balaban J connectivity index is 2.34. The number of thiazole rings is 1. The third-order valence-electron chi connectivity index (χ3n) is 2.95. The number of rotatable bonds is 4. The Morgan fingerprint density at radius 2 is 2.37 bits per heavy atom. The molecule has 19 heavy (non-hydrogen) atoms. The molecule has 0 bridgehead atoms. The summed E-state index contributed by atoms with van der Waals surface area (Å²) in [6.45, 7) is 5.90. The fraction of sp³-hybridized carbons (Fsp3) is 0.462. The van der Waals surface area contributed by atoms with E-state index in [4.69, 9.17) is 10.00 Å². The van der Waals surface area contributed by atoms with E-state index < -0.39 is 11.9 Å². The zero-order valence-electron chi connectivity index (χ0n) is 11.1. The summed E-state index contributed by atoms with van der Waals surface area (Å²) in [5, 5.41) is 11.1. The molecule has 0 aliphatic rings. The summed E-state index contributed by atoms with van der Waals surface area (Å²) < 4.78 is 6.92. The molecule has 1 unspecified atom stereocenters. The summed E-state index contributed by atoms with van der Waals surface area (Å²) in [4.78, 5) is 17.0. The Labute approximate surface area is 115 Å². The quantitative estimate of drug-likeness (QED) is 0.804. The normalized spacial score (nSPS) is 12.3. The number of imidazole rings is 1. The average Bonchev–Trinajstić information content (AvgIpc) is 2.87. The highest BCUT2D eigenvalue weighted by Gasteiger charge is 2.23. The lowest BCUT2D eigenvalue weighted by Gasteiger charge is -2.09. The van der Waals surface area contributed by atoms with Gasteiger partial charge in [-0.2, -0.15) is 5.26 Å². The third-order valence-corrected chi connectivity index (χ3v) is 3.90. The minimum Gasteiger partial charge on any atom is -0.465 e. The van der Waals surface area contributed by atoms with Crippen LogP contribution in [0.1, 0.15) is 24.0 Å². The molecule has 100 valence electrons. The van der Waals surface area contributed by atoms with Gasteiger partial charge >= 0.3 is 5.97 Å². The molecule has 0 fully saturated rings. The van der Waals surface area contributed by atoms with E-state index >= 15 is 0 Å². The fourth-order valence-corrected chi connectivity index (χ4v) is 2.96. The molecular formula is C13H15N3O2S. The van der Waals surface area contributed by atoms with Gasteiger partial charge in [0.2, 0.25) is 0 Å². The number of hydrogen-bond donors (Lipinski definition) is 0. The van der Waals surface area contributed by atoms with Gasteiger partial charge in [0, 0.05) is 23.2 Å². The summed E-state index contributed by atoms with van der Waals surface area (Å²) in [6.07, 6.45) is 0.333. The van der Waals surface area contributed by atoms with E-state index in [0.29, 0.717) is 6.42 Å². The van der Waals surface area contributed by atoms with Crippen molar-refractivity contribution < 1.29 is 9.53 Å². The molecule has 0 aliphatic heterocycles. The molecule has 6 heteroatoms. The van der Waals surface area contributed by atoms with Gasteiger partial charge in [-0.25, -0.2) is 4.98 Å². The van der Waals surface area contributed by atoms with E-state index in [9.17, 15) is 4.79 Å². The van der Waals surface area contributed by atoms with Crippen LogP contribution in [0.3, 0.4) is 0 Å². The number of nitrogens with zero attached hydrogens (tertiary/aromatic N) is 3. The van der Waals surface area contributed by atoms with Crippen LogP contribution in [0.2, 0.25) is 0 Å². The minimum absolute atomic E-state index is 0.287. The van der Waals surface area contributed by atoms with Crippen molar-refractivity contribution in [1.29, 1.82) is 5.26 Å². The highest BCUT2D eigenvalue weighted by Crippen LogP contribution is 2.23. The predicted molar refractivity (Wildman–Crippen MR) is 72.0 cm³/mol. The summed E-state index contributed by atoms with van der Waals surface area (Å²) in [5.74, 6) is -1.25. The number of aromatic nitrogens is 2. The summed E-state index contributed by atoms with van der Waals surface area (Å²) >= 11 is 1.56. The Hall–Kier alpha value is -1.87. The van der Waals surface area contributed by atoms with Gasteiger partial charge in [-0.05, 0) is 20.8 Å². The van der Waals surface area contributed by atoms with Crippen LogP contribution in [0.25, 0.3) is 4.96 Å². The molecule has 0 N–H and O–H groups in total. The maximum absolute atomic E-state index is 11.7. The van der Waals surface area contributed by atoms with Gasteiger partial charge in [0.25, 0.3) is 0 Å². The Morgan fingerprint density at radius 1 is 1.63 bits per heavy atom. The first-order valence-electron chi connectivity index (χ1n) is 6.06. The monoisotopic (exact) mass is 277 g/mol. The first-order valence-corrected chi connectivity index (χ1v) is 6.94. The van der Waals surface area contributed by atoms with Crippen LogP contribution in [0, 0.1) is 31.1 Å². The van der Waals surface area contributed by atoms with Crippen molar-refractivity contribution in [3.8, 4) is 6.07 Å². The zero-order chi connectivity index (χ0) is 14.0. The van der Waals surface area contributed by atoms with E-state index in [0.717, 1.165) is 22.0 Å². The van der Waals surface area contributed by atoms with E-state index in [1.54, 1.807) is 18.3 Å². The van der Waals surface area contributed by atoms with Crippen LogP contribution in [0.15, 0.2) is 5.38 Å². The van der Waals surface area contributed by atoms with Crippen molar-refractivity contribution in [2.24, 2.45) is 5.92 Å². The number of aryl methyl sites for hydroxylation is 2. The van der Waals surface area contributed by atoms with E-state index in [-0.39, 0.29) is 6.61 Å². The van der Waals surface area contributed by atoms with Gasteiger partial charge < -0.3 is 4.74 Å². The standard InChI is InChI=1S/C13H15N3O2S/c1-4-18-12(17)10(6-14)5-11-9(3)15-13-16(11)8(2)7-19-13/h7,10H,4-5H2,1-3H3. The molecule has 2 aromatic heterocycles. The molecule has 2 aromatic rings. The Morgan fingerprint density at radius 3 is 3.00 bits per heavy atom. The number of fused-ring (bicyclic) bond motifs is 1. The van der Waals surface area contributed by atoms with Crippen molar-refractivity contribution in [1.82, 2.24) is 9.38 Å². The lowest BCUT2D eigenvalue weighted by molar-refractivity contribution is -0.146. The van der Waals surface area contributed by atoms with Crippen LogP contribution in [-0.2, 0) is 16.0 Å². The van der Waals surface area contributed by atoms with Gasteiger partial charge in [0.05, 0.1) is 18.4 Å². The molecule has 1 atom stereocenters. The number of ether oxygens (including phenoxy) is 1. The SMILES string of the molecule is CCOC(=O)C(C#N)Cc1c(C)nc2scc(C)n12. The molecule has 0 saturated heterocycles. The van der Waals surface area contributed by atoms with Crippen LogP contribution >= 0.6 is 11.3 Å². The number of nitriles is 1. The predicted octanol–water partition coefficient (Wildman–Crippen LogP) is 2.26. The van der Waals surface area contributed by atoms with E-state index in [1.165, 1.54) is 0 Å². The van der Waals surface area contributed by atoms with Crippen molar-refractivity contribution in [3.05, 3.63) is 22.5 Å². The van der Waals surface area contributed by atoms with Crippen molar-refractivity contribution in [3.63, 3.8) is 0 Å². The van der Waals surface area contributed by atoms with Gasteiger partial charge in [0.1, 0.15) is 5.92 Å². The molecule has 0 amide bonds. The molecule has 2 heterocycles. The maximum atomic E-state index is 11.7. The summed E-state index contributed by atoms with van der Waals surface area (Å²) in [5.41, 5.74) is 2.84. The van der Waals surface area contributed by atoms with Crippen molar-refractivity contribution in [2.45, 2.75) is 27.2 Å². The fourth-order valence-electron chi connectivity index (χ4n) is 2.03. The first-order chi connectivity index (χ1) is 9.08. The molecular weight excluding hydrogens is 262 g/mol.